The summed E-state index contributed by atoms with van der Waals surface area (Å²) in [5.41, 5.74) is 3.83. The number of ether oxygens (including phenoxy) is 1. The van der Waals surface area contributed by atoms with E-state index in [0.29, 0.717) is 48.0 Å². The van der Waals surface area contributed by atoms with E-state index < -0.39 is 0 Å². The second-order valence-electron chi connectivity index (χ2n) is 7.70. The van der Waals surface area contributed by atoms with Gasteiger partial charge in [-0.3, -0.25) is 9.78 Å². The zero-order valence-corrected chi connectivity index (χ0v) is 18.2. The van der Waals surface area contributed by atoms with Crippen molar-refractivity contribution in [2.75, 3.05) is 30.4 Å². The van der Waals surface area contributed by atoms with Crippen LogP contribution in [0.4, 0.5) is 11.4 Å². The summed E-state index contributed by atoms with van der Waals surface area (Å²) in [6.07, 6.45) is 3.02. The highest BCUT2D eigenvalue weighted by molar-refractivity contribution is 6.31. The number of hydrogen-bond donors (Lipinski definition) is 1. The van der Waals surface area contributed by atoms with E-state index >= 15 is 0 Å². The molecule has 1 fully saturated rings. The van der Waals surface area contributed by atoms with E-state index in [9.17, 15) is 10.1 Å². The van der Waals surface area contributed by atoms with Crippen molar-refractivity contribution in [1.29, 1.82) is 5.26 Å². The van der Waals surface area contributed by atoms with Crippen LogP contribution in [0.15, 0.2) is 42.6 Å². The lowest BCUT2D eigenvalue weighted by molar-refractivity contribution is -0.120. The molecule has 0 unspecified atom stereocenters. The summed E-state index contributed by atoms with van der Waals surface area (Å²) >= 11 is 6.16. The van der Waals surface area contributed by atoms with Crippen LogP contribution >= 0.6 is 11.6 Å². The number of anilines is 2. The molecule has 2 aromatic carbocycles. The number of carbonyl (C=O) groups excluding carboxylic acids is 1. The number of halogens is 1. The summed E-state index contributed by atoms with van der Waals surface area (Å²) < 4.78 is 5.37. The zero-order chi connectivity index (χ0) is 22.0. The Bertz CT molecular complexity index is 1180. The molecule has 1 aliphatic rings. The highest BCUT2D eigenvalue weighted by Gasteiger charge is 2.28. The van der Waals surface area contributed by atoms with Crippen LogP contribution in [0.25, 0.3) is 10.9 Å². The third-order valence-electron chi connectivity index (χ3n) is 5.79. The Kier molecular flexibility index (Phi) is 5.97. The van der Waals surface area contributed by atoms with E-state index in [4.69, 9.17) is 16.3 Å². The van der Waals surface area contributed by atoms with Gasteiger partial charge < -0.3 is 15.0 Å². The van der Waals surface area contributed by atoms with Crippen LogP contribution < -0.4 is 15.0 Å². The van der Waals surface area contributed by atoms with Crippen molar-refractivity contribution in [3.05, 3.63) is 58.7 Å². The largest absolute Gasteiger partial charge is 0.495 e. The Morgan fingerprint density at radius 2 is 2.03 bits per heavy atom. The molecule has 7 heteroatoms. The Hall–Kier alpha value is -3.30. The number of nitrogens with one attached hydrogen (secondary N) is 1. The number of nitriles is 1. The van der Waals surface area contributed by atoms with Crippen LogP contribution in [0.3, 0.4) is 0 Å². The molecule has 1 saturated heterocycles. The maximum absolute atomic E-state index is 12.9. The van der Waals surface area contributed by atoms with E-state index in [-0.39, 0.29) is 11.8 Å². The molecule has 0 spiro atoms. The normalized spacial score (nSPS) is 14.3. The molecule has 0 bridgehead atoms. The molecule has 3 aromatic rings. The number of nitrogens with zero attached hydrogens (tertiary/aromatic N) is 3. The zero-order valence-electron chi connectivity index (χ0n) is 17.5. The maximum Gasteiger partial charge on any atom is 0.227 e. The Labute approximate surface area is 186 Å². The van der Waals surface area contributed by atoms with E-state index in [1.165, 1.54) is 0 Å². The molecule has 0 saturated carbocycles. The van der Waals surface area contributed by atoms with Crippen molar-refractivity contribution in [2.24, 2.45) is 5.92 Å². The van der Waals surface area contributed by atoms with Gasteiger partial charge in [0.25, 0.3) is 0 Å². The summed E-state index contributed by atoms with van der Waals surface area (Å²) in [5.74, 6) is 0.402. The highest BCUT2D eigenvalue weighted by Crippen LogP contribution is 2.34. The number of methoxy groups -OCH3 is 1. The first-order chi connectivity index (χ1) is 15.0. The first-order valence-electron chi connectivity index (χ1n) is 10.2. The smallest absolute Gasteiger partial charge is 0.227 e. The summed E-state index contributed by atoms with van der Waals surface area (Å²) in [6.45, 7) is 3.27. The van der Waals surface area contributed by atoms with Crippen LogP contribution in [0.5, 0.6) is 5.75 Å². The number of hydrogen-bond acceptors (Lipinski definition) is 5. The van der Waals surface area contributed by atoms with Gasteiger partial charge in [-0.15, -0.1) is 0 Å². The predicted octanol–water partition coefficient (Wildman–Crippen LogP) is 4.93. The topological polar surface area (TPSA) is 78.2 Å². The van der Waals surface area contributed by atoms with Crippen LogP contribution in [-0.4, -0.2) is 31.1 Å². The number of para-hydroxylation sites is 1. The first-order valence-corrected chi connectivity index (χ1v) is 10.6. The number of aryl methyl sites for hydroxylation is 1. The average molecular weight is 435 g/mol. The van der Waals surface area contributed by atoms with Crippen molar-refractivity contribution in [3.63, 3.8) is 0 Å². The lowest BCUT2D eigenvalue weighted by atomic mass is 9.94. The molecule has 0 atom stereocenters. The third-order valence-corrected chi connectivity index (χ3v) is 6.20. The van der Waals surface area contributed by atoms with Gasteiger partial charge >= 0.3 is 0 Å². The molecule has 0 aliphatic carbocycles. The Morgan fingerprint density at radius 3 is 2.74 bits per heavy atom. The van der Waals surface area contributed by atoms with Gasteiger partial charge in [0.2, 0.25) is 5.91 Å². The number of piperidine rings is 1. The molecular weight excluding hydrogens is 412 g/mol. The number of pyridine rings is 1. The molecule has 6 nitrogen and oxygen atoms in total. The average Bonchev–Trinajstić information content (AvgIpc) is 2.80. The van der Waals surface area contributed by atoms with E-state index in [1.54, 1.807) is 19.4 Å². The molecule has 0 radical (unpaired) electrons. The van der Waals surface area contributed by atoms with Crippen molar-refractivity contribution in [2.45, 2.75) is 19.8 Å². The first kappa shape index (κ1) is 21.0. The molecule has 2 heterocycles. The Morgan fingerprint density at radius 1 is 1.29 bits per heavy atom. The number of aromatic nitrogens is 1. The fourth-order valence-electron chi connectivity index (χ4n) is 4.08. The molecule has 1 aliphatic heterocycles. The number of fused-ring (bicyclic) bond motifs is 1. The van der Waals surface area contributed by atoms with Gasteiger partial charge in [0.1, 0.15) is 11.8 Å². The molecule has 31 heavy (non-hydrogen) atoms. The second kappa shape index (κ2) is 8.83. The Balaban J connectivity index is 1.50. The van der Waals surface area contributed by atoms with Gasteiger partial charge in [0, 0.05) is 41.7 Å². The minimum atomic E-state index is -0.115. The summed E-state index contributed by atoms with van der Waals surface area (Å²) in [6, 6.07) is 13.6. The third kappa shape index (κ3) is 4.14. The minimum Gasteiger partial charge on any atom is -0.495 e. The number of benzene rings is 2. The summed E-state index contributed by atoms with van der Waals surface area (Å²) in [7, 11) is 1.56. The SMILES string of the molecule is COc1cc(Cl)c(C)cc1NC(=O)C1CCN(c2c(C#N)cnc3ccccc23)CC1. The quantitative estimate of drug-likeness (QED) is 0.629. The van der Waals surface area contributed by atoms with Gasteiger partial charge in [-0.05, 0) is 37.5 Å². The number of amides is 1. The predicted molar refractivity (Wildman–Crippen MR) is 123 cm³/mol. The molecule has 4 rings (SSSR count). The lowest BCUT2D eigenvalue weighted by Crippen LogP contribution is -2.38. The van der Waals surface area contributed by atoms with Gasteiger partial charge in [-0.1, -0.05) is 29.8 Å². The number of carbonyl (C=O) groups is 1. The standard InChI is InChI=1S/C24H23ClN4O2/c1-15-11-21(22(31-2)12-19(15)25)28-24(30)16-7-9-29(10-8-16)23-17(13-26)14-27-20-6-4-3-5-18(20)23/h3-6,11-12,14,16H,7-10H2,1-2H3,(H,28,30). The van der Waals surface area contributed by atoms with Crippen molar-refractivity contribution in [3.8, 4) is 11.8 Å². The number of rotatable bonds is 4. The van der Waals surface area contributed by atoms with Crippen LogP contribution in [0.2, 0.25) is 5.02 Å². The van der Waals surface area contributed by atoms with Crippen molar-refractivity contribution >= 4 is 39.8 Å². The second-order valence-corrected chi connectivity index (χ2v) is 8.11. The van der Waals surface area contributed by atoms with Gasteiger partial charge in [-0.25, -0.2) is 0 Å². The molecule has 1 N–H and O–H groups in total. The highest BCUT2D eigenvalue weighted by atomic mass is 35.5. The van der Waals surface area contributed by atoms with Gasteiger partial charge in [0.15, 0.2) is 0 Å². The molecule has 158 valence electrons. The van der Waals surface area contributed by atoms with E-state index in [0.717, 1.165) is 22.2 Å². The minimum absolute atomic E-state index is 0.0280. The van der Waals surface area contributed by atoms with Crippen LogP contribution in [0.1, 0.15) is 24.0 Å². The monoisotopic (exact) mass is 434 g/mol. The lowest BCUT2D eigenvalue weighted by Gasteiger charge is -2.34. The van der Waals surface area contributed by atoms with Gasteiger partial charge in [-0.2, -0.15) is 5.26 Å². The fourth-order valence-corrected chi connectivity index (χ4v) is 4.23. The van der Waals surface area contributed by atoms with Gasteiger partial charge in [0.05, 0.1) is 29.6 Å². The molecule has 1 aromatic heterocycles. The van der Waals surface area contributed by atoms with Crippen molar-refractivity contribution in [1.82, 2.24) is 4.98 Å². The molecule has 1 amide bonds. The van der Waals surface area contributed by atoms with E-state index in [2.05, 4.69) is 21.3 Å². The maximum atomic E-state index is 12.9. The summed E-state index contributed by atoms with van der Waals surface area (Å²) in [4.78, 5) is 19.5. The molecular formula is C24H23ClN4O2. The summed E-state index contributed by atoms with van der Waals surface area (Å²) in [5, 5.41) is 14.2. The fraction of sp³-hybridized carbons (Fsp3) is 0.292. The van der Waals surface area contributed by atoms with Crippen LogP contribution in [-0.2, 0) is 4.79 Å². The van der Waals surface area contributed by atoms with Crippen molar-refractivity contribution < 1.29 is 9.53 Å². The van der Waals surface area contributed by atoms with E-state index in [1.807, 2.05) is 37.3 Å². The van der Waals surface area contributed by atoms with Crippen LogP contribution in [0, 0.1) is 24.2 Å².